The summed E-state index contributed by atoms with van der Waals surface area (Å²) in [6.45, 7) is 15.1. The number of alkyl halides is 2. The van der Waals surface area contributed by atoms with Crippen LogP contribution in [0.5, 0.6) is 0 Å². The molecule has 16 heteroatoms. The lowest BCUT2D eigenvalue weighted by Crippen LogP contribution is -2.62. The molecule has 2 heterocycles. The first-order chi connectivity index (χ1) is 22.9. The van der Waals surface area contributed by atoms with Gasteiger partial charge < -0.3 is 26.2 Å². The fourth-order valence-corrected chi connectivity index (χ4v) is 6.97. The van der Waals surface area contributed by atoms with E-state index < -0.39 is 81.6 Å². The number of halogens is 2. The Kier molecular flexibility index (Phi) is 12.7. The predicted molar refractivity (Wildman–Crippen MR) is 185 cm³/mol. The van der Waals surface area contributed by atoms with E-state index in [1.54, 1.807) is 39.2 Å². The summed E-state index contributed by atoms with van der Waals surface area (Å²) in [6, 6.07) is -1.44. The number of rotatable bonds is 14. The third-order valence-electron chi connectivity index (χ3n) is 9.99. The molecule has 0 spiro atoms. The summed E-state index contributed by atoms with van der Waals surface area (Å²) in [5, 5.41) is 10.7. The number of carbonyl (C=O) groups excluding carboxylic acids is 4. The molecular weight excluding hydrogens is 672 g/mol. The van der Waals surface area contributed by atoms with Gasteiger partial charge in [-0.1, -0.05) is 61.5 Å². The number of nitrogens with zero attached hydrogens (tertiary/aromatic N) is 3. The minimum absolute atomic E-state index is 0.00643. The molecule has 3 rings (SSSR count). The van der Waals surface area contributed by atoms with Crippen molar-refractivity contribution in [3.05, 3.63) is 30.1 Å². The van der Waals surface area contributed by atoms with Gasteiger partial charge in [-0.15, -0.1) is 0 Å². The van der Waals surface area contributed by atoms with Crippen molar-refractivity contribution >= 4 is 33.8 Å². The molecule has 1 aromatic rings. The molecule has 282 valence electrons. The Labute approximate surface area is 295 Å². The molecule has 1 saturated heterocycles. The van der Waals surface area contributed by atoms with Crippen molar-refractivity contribution in [2.75, 3.05) is 32.9 Å². The number of fused-ring (bicyclic) bond motifs is 1. The molecule has 6 atom stereocenters. The zero-order valence-electron chi connectivity index (χ0n) is 30.8. The highest BCUT2D eigenvalue weighted by Crippen LogP contribution is 2.65. The Hall–Kier alpha value is -3.40. The van der Waals surface area contributed by atoms with Crippen molar-refractivity contribution in [3.63, 3.8) is 0 Å². The maximum atomic E-state index is 14.3. The van der Waals surface area contributed by atoms with Crippen molar-refractivity contribution in [3.8, 4) is 0 Å². The number of nitrogens with one attached hydrogen (secondary N) is 4. The van der Waals surface area contributed by atoms with Gasteiger partial charge in [-0.05, 0) is 46.1 Å². The molecular formula is C34H55F2N7O6S. The molecule has 0 bridgehead atoms. The summed E-state index contributed by atoms with van der Waals surface area (Å²) in [5.41, 5.74) is -0.848. The molecule has 13 nitrogen and oxygen atoms in total. The van der Waals surface area contributed by atoms with Gasteiger partial charge in [0.1, 0.15) is 18.1 Å². The third kappa shape index (κ3) is 10.3. The van der Waals surface area contributed by atoms with E-state index in [4.69, 9.17) is 0 Å². The van der Waals surface area contributed by atoms with E-state index in [9.17, 15) is 36.4 Å². The van der Waals surface area contributed by atoms with Crippen LogP contribution in [0, 0.1) is 28.1 Å². The molecule has 0 unspecified atom stereocenters. The third-order valence-corrected chi connectivity index (χ3v) is 11.3. The van der Waals surface area contributed by atoms with Gasteiger partial charge in [0.25, 0.3) is 0 Å². The number of likely N-dealkylation sites (N-methyl/N-ethyl adjacent to an activating group) is 1. The van der Waals surface area contributed by atoms with Crippen LogP contribution in [0.4, 0.5) is 13.6 Å². The number of urea groups is 1. The van der Waals surface area contributed by atoms with E-state index in [-0.39, 0.29) is 36.9 Å². The normalized spacial score (nSPS) is 22.0. The van der Waals surface area contributed by atoms with E-state index in [1.165, 1.54) is 11.9 Å². The topological polar surface area (TPSA) is 170 Å². The van der Waals surface area contributed by atoms with Gasteiger partial charge >= 0.3 is 6.03 Å². The number of hydrogen-bond acceptors (Lipinski definition) is 7. The van der Waals surface area contributed by atoms with Crippen LogP contribution in [0.2, 0.25) is 0 Å². The maximum absolute atomic E-state index is 14.3. The lowest BCUT2D eigenvalue weighted by atomic mass is 9.85. The molecule has 5 amide bonds. The average Bonchev–Trinajstić information content (AvgIpc) is 3.29. The van der Waals surface area contributed by atoms with Crippen LogP contribution in [0.1, 0.15) is 67.4 Å². The number of aromatic nitrogens is 1. The zero-order valence-corrected chi connectivity index (χ0v) is 31.7. The first-order valence-electron chi connectivity index (χ1n) is 16.9. The Balaban J connectivity index is 1.80. The molecule has 50 heavy (non-hydrogen) atoms. The summed E-state index contributed by atoms with van der Waals surface area (Å²) in [6.07, 6.45) is 0.948. The summed E-state index contributed by atoms with van der Waals surface area (Å²) in [7, 11) is -2.12. The lowest BCUT2D eigenvalue weighted by Gasteiger charge is -2.39. The van der Waals surface area contributed by atoms with Crippen LogP contribution in [0.15, 0.2) is 24.5 Å². The Morgan fingerprint density at radius 3 is 2.22 bits per heavy atom. The number of carbonyl (C=O) groups is 4. The molecule has 0 aromatic carbocycles. The largest absolute Gasteiger partial charge is 0.354 e. The summed E-state index contributed by atoms with van der Waals surface area (Å²) < 4.78 is 52.6. The van der Waals surface area contributed by atoms with Crippen LogP contribution >= 0.6 is 0 Å². The number of pyridine rings is 1. The Bertz CT molecular complexity index is 1500. The Morgan fingerprint density at radius 1 is 1.06 bits per heavy atom. The summed E-state index contributed by atoms with van der Waals surface area (Å²) in [5.74, 6) is -2.32. The summed E-state index contributed by atoms with van der Waals surface area (Å²) in [4.78, 5) is 60.1. The quantitative estimate of drug-likeness (QED) is 0.228. The monoisotopic (exact) mass is 727 g/mol. The van der Waals surface area contributed by atoms with Crippen molar-refractivity contribution in [1.29, 1.82) is 0 Å². The fraction of sp³-hybridized carbons (Fsp3) is 0.735. The first kappa shape index (κ1) is 41.0. The van der Waals surface area contributed by atoms with Crippen molar-refractivity contribution in [2.45, 2.75) is 98.8 Å². The van der Waals surface area contributed by atoms with Crippen LogP contribution in [0.25, 0.3) is 0 Å². The summed E-state index contributed by atoms with van der Waals surface area (Å²) >= 11 is 0. The molecule has 2 fully saturated rings. The van der Waals surface area contributed by atoms with Gasteiger partial charge in [0.15, 0.2) is 0 Å². The van der Waals surface area contributed by atoms with Crippen LogP contribution in [-0.2, 0) is 30.8 Å². The second-order valence-electron chi connectivity index (χ2n) is 16.4. The number of piperidine rings is 1. The molecule has 1 aromatic heterocycles. The highest BCUT2D eigenvalue weighted by Gasteiger charge is 2.70. The zero-order chi connectivity index (χ0) is 38.0. The highest BCUT2D eigenvalue weighted by molar-refractivity contribution is 7.88. The van der Waals surface area contributed by atoms with Gasteiger partial charge in [0.2, 0.25) is 34.2 Å². The smallest absolute Gasteiger partial charge is 0.315 e. The number of hydrogen-bond donors (Lipinski definition) is 4. The molecule has 1 aliphatic heterocycles. The molecule has 4 N–H and O–H groups in total. The van der Waals surface area contributed by atoms with Gasteiger partial charge in [0, 0.05) is 51.5 Å². The van der Waals surface area contributed by atoms with E-state index in [1.807, 2.05) is 40.7 Å². The second-order valence-corrected chi connectivity index (χ2v) is 18.4. The SMILES string of the molecule is CN(C[C@@H](NC(=O)N[C@H](C(=O)N1C[C@H]2[C@@H]([C@H]1C(=O)N[C@@H](CC(F)F)C(=O)NCCc1cccnc1)C2(C)C)C(C)(C)C)C(C)(C)C)S(C)(=O)=O. The standard InChI is InChI=1S/C34H55F2N7O6S/c1-32(2,3)23(19-42(9)50(10,48)49)40-31(47)41-27(33(4,5)6)30(46)43-18-21-25(34(21,7)8)26(43)29(45)39-22(16-24(35)36)28(44)38-15-13-20-12-11-14-37-17-20/h11-12,14,17,21-27H,13,15-16,18-19H2,1-10H3,(H,38,44)(H,39,45)(H2,40,41,47)/t21-,22-,23+,25-,26-,27+/m0/s1. The highest BCUT2D eigenvalue weighted by atomic mass is 32.2. The number of likely N-dealkylation sites (tertiary alicyclic amines) is 1. The van der Waals surface area contributed by atoms with Crippen molar-refractivity contribution in [2.24, 2.45) is 28.1 Å². The second kappa shape index (κ2) is 15.5. The maximum Gasteiger partial charge on any atom is 0.315 e. The number of sulfonamides is 1. The molecule has 0 radical (unpaired) electrons. The van der Waals surface area contributed by atoms with E-state index >= 15 is 0 Å². The number of amides is 5. The minimum atomic E-state index is -3.53. The average molecular weight is 728 g/mol. The van der Waals surface area contributed by atoms with Gasteiger partial charge in [-0.25, -0.2) is 26.3 Å². The van der Waals surface area contributed by atoms with E-state index in [0.717, 1.165) is 16.1 Å². The van der Waals surface area contributed by atoms with Gasteiger partial charge in [-0.2, -0.15) is 0 Å². The molecule has 2 aliphatic rings. The van der Waals surface area contributed by atoms with Gasteiger partial charge in [-0.3, -0.25) is 19.4 Å². The van der Waals surface area contributed by atoms with E-state index in [0.29, 0.717) is 6.42 Å². The Morgan fingerprint density at radius 2 is 1.70 bits per heavy atom. The fourth-order valence-electron chi connectivity index (χ4n) is 6.55. The predicted octanol–water partition coefficient (Wildman–Crippen LogP) is 2.38. The minimum Gasteiger partial charge on any atom is -0.354 e. The van der Waals surface area contributed by atoms with Crippen molar-refractivity contribution in [1.82, 2.24) is 35.5 Å². The van der Waals surface area contributed by atoms with E-state index in [2.05, 4.69) is 26.3 Å². The van der Waals surface area contributed by atoms with Crippen LogP contribution in [0.3, 0.4) is 0 Å². The van der Waals surface area contributed by atoms with Crippen molar-refractivity contribution < 1.29 is 36.4 Å². The lowest BCUT2D eigenvalue weighted by molar-refractivity contribution is -0.144. The van der Waals surface area contributed by atoms with Gasteiger partial charge in [0.05, 0.1) is 6.26 Å². The first-order valence-corrected chi connectivity index (χ1v) is 18.7. The molecule has 1 saturated carbocycles. The van der Waals surface area contributed by atoms with Crippen LogP contribution < -0.4 is 21.3 Å². The van der Waals surface area contributed by atoms with Crippen LogP contribution in [-0.4, -0.2) is 110 Å². The molecule has 1 aliphatic carbocycles.